The Hall–Kier alpha value is -0.990. The highest BCUT2D eigenvalue weighted by molar-refractivity contribution is 9.10. The van der Waals surface area contributed by atoms with Crippen LogP contribution >= 0.6 is 27.5 Å². The predicted molar refractivity (Wildman–Crippen MR) is 89.7 cm³/mol. The molecule has 1 saturated carbocycles. The Morgan fingerprint density at radius 1 is 1.10 bits per heavy atom. The molecule has 1 nitrogen and oxygen atoms in total. The number of nitrogens with one attached hydrogen (secondary N) is 1. The molecule has 1 aliphatic carbocycles. The van der Waals surface area contributed by atoms with E-state index >= 15 is 0 Å². The summed E-state index contributed by atoms with van der Waals surface area (Å²) in [5.41, 5.74) is 3.86. The van der Waals surface area contributed by atoms with E-state index in [4.69, 9.17) is 11.6 Å². The first-order chi connectivity index (χ1) is 9.61. The Bertz CT molecular complexity index is 603. The van der Waals surface area contributed by atoms with Crippen LogP contribution in [0, 0.1) is 6.92 Å². The third-order valence-electron chi connectivity index (χ3n) is 3.96. The average molecular weight is 351 g/mol. The summed E-state index contributed by atoms with van der Waals surface area (Å²) in [5, 5.41) is 4.42. The van der Waals surface area contributed by atoms with Crippen molar-refractivity contribution in [2.45, 2.75) is 31.7 Å². The van der Waals surface area contributed by atoms with Gasteiger partial charge in [0.1, 0.15) is 0 Å². The molecule has 0 bridgehead atoms. The lowest BCUT2D eigenvalue weighted by Crippen LogP contribution is -2.34. The normalized spacial score (nSPS) is 21.4. The van der Waals surface area contributed by atoms with Crippen molar-refractivity contribution in [1.82, 2.24) is 0 Å². The highest BCUT2D eigenvalue weighted by Gasteiger charge is 2.30. The third kappa shape index (κ3) is 3.02. The van der Waals surface area contributed by atoms with Crippen LogP contribution in [-0.2, 0) is 0 Å². The van der Waals surface area contributed by atoms with E-state index in [0.717, 1.165) is 9.50 Å². The van der Waals surface area contributed by atoms with E-state index in [1.165, 1.54) is 29.7 Å². The minimum atomic E-state index is 0.565. The summed E-state index contributed by atoms with van der Waals surface area (Å²) >= 11 is 9.55. The predicted octanol–water partition coefficient (Wildman–Crippen LogP) is 5.77. The molecule has 3 heteroatoms. The molecule has 0 aliphatic heterocycles. The van der Waals surface area contributed by atoms with E-state index in [-0.39, 0.29) is 0 Å². The van der Waals surface area contributed by atoms with Crippen LogP contribution in [0.1, 0.15) is 29.9 Å². The zero-order valence-corrected chi connectivity index (χ0v) is 13.7. The van der Waals surface area contributed by atoms with Crippen LogP contribution in [0.25, 0.3) is 0 Å². The van der Waals surface area contributed by atoms with Gasteiger partial charge in [-0.3, -0.25) is 0 Å². The van der Waals surface area contributed by atoms with Gasteiger partial charge >= 0.3 is 0 Å². The Balaban J connectivity index is 1.59. The molecule has 0 unspecified atom stereocenters. The summed E-state index contributed by atoms with van der Waals surface area (Å²) < 4.78 is 1.15. The number of benzene rings is 2. The van der Waals surface area contributed by atoms with Gasteiger partial charge < -0.3 is 5.32 Å². The molecule has 0 atom stereocenters. The highest BCUT2D eigenvalue weighted by atomic mass is 79.9. The fourth-order valence-electron chi connectivity index (χ4n) is 2.70. The van der Waals surface area contributed by atoms with E-state index in [1.807, 2.05) is 12.1 Å². The summed E-state index contributed by atoms with van der Waals surface area (Å²) in [4.78, 5) is 0. The van der Waals surface area contributed by atoms with Crippen molar-refractivity contribution in [3.8, 4) is 0 Å². The third-order valence-corrected chi connectivity index (χ3v) is 4.87. The number of rotatable bonds is 3. The molecular formula is C17H17BrClN. The lowest BCUT2D eigenvalue weighted by Gasteiger charge is -2.37. The Morgan fingerprint density at radius 3 is 2.45 bits per heavy atom. The molecule has 2 aromatic carbocycles. The molecule has 1 fully saturated rings. The van der Waals surface area contributed by atoms with E-state index in [9.17, 15) is 0 Å². The van der Waals surface area contributed by atoms with Crippen molar-refractivity contribution < 1.29 is 0 Å². The quantitative estimate of drug-likeness (QED) is 0.741. The smallest absolute Gasteiger partial charge is 0.0486 e. The van der Waals surface area contributed by atoms with E-state index in [2.05, 4.69) is 58.5 Å². The fraction of sp³-hybridized carbons (Fsp3) is 0.294. The van der Waals surface area contributed by atoms with Crippen LogP contribution < -0.4 is 5.32 Å². The standard InChI is InChI=1S/C17H17BrClN/c1-11-2-7-17(16(18)8-11)20-15-9-13(10-15)12-3-5-14(19)6-4-12/h2-8,13,15,20H,9-10H2,1H3. The Morgan fingerprint density at radius 2 is 1.80 bits per heavy atom. The zero-order valence-electron chi connectivity index (χ0n) is 11.4. The molecule has 1 N–H and O–H groups in total. The molecule has 0 saturated heterocycles. The number of anilines is 1. The van der Waals surface area contributed by atoms with Gasteiger partial charge in [0.05, 0.1) is 0 Å². The second kappa shape index (κ2) is 5.79. The van der Waals surface area contributed by atoms with Gasteiger partial charge in [-0.1, -0.05) is 29.8 Å². The molecule has 2 aromatic rings. The lowest BCUT2D eigenvalue weighted by molar-refractivity contribution is 0.374. The maximum absolute atomic E-state index is 5.93. The van der Waals surface area contributed by atoms with E-state index in [0.29, 0.717) is 12.0 Å². The average Bonchev–Trinajstić information content (AvgIpc) is 2.37. The van der Waals surface area contributed by atoms with Crippen molar-refractivity contribution in [2.75, 3.05) is 5.32 Å². The molecule has 0 aromatic heterocycles. The van der Waals surface area contributed by atoms with Crippen molar-refractivity contribution in [1.29, 1.82) is 0 Å². The number of hydrogen-bond donors (Lipinski definition) is 1. The summed E-state index contributed by atoms with van der Waals surface area (Å²) in [6.45, 7) is 2.11. The largest absolute Gasteiger partial charge is 0.381 e. The topological polar surface area (TPSA) is 12.0 Å². The minimum Gasteiger partial charge on any atom is -0.381 e. The Labute approximate surface area is 133 Å². The van der Waals surface area contributed by atoms with Gasteiger partial charge in [0.15, 0.2) is 0 Å². The lowest BCUT2D eigenvalue weighted by atomic mass is 9.76. The van der Waals surface area contributed by atoms with Gasteiger partial charge in [0.25, 0.3) is 0 Å². The zero-order chi connectivity index (χ0) is 14.1. The first kappa shape index (κ1) is 14.0. The summed E-state index contributed by atoms with van der Waals surface area (Å²) in [7, 11) is 0. The molecule has 1 aliphatic rings. The van der Waals surface area contributed by atoms with Crippen molar-refractivity contribution in [3.63, 3.8) is 0 Å². The number of hydrogen-bond acceptors (Lipinski definition) is 1. The van der Waals surface area contributed by atoms with Crippen LogP contribution in [0.3, 0.4) is 0 Å². The molecular weight excluding hydrogens is 334 g/mol. The van der Waals surface area contributed by atoms with Crippen LogP contribution in [-0.4, -0.2) is 6.04 Å². The molecule has 104 valence electrons. The highest BCUT2D eigenvalue weighted by Crippen LogP contribution is 2.39. The summed E-state index contributed by atoms with van der Waals surface area (Å²) in [5.74, 6) is 0.661. The monoisotopic (exact) mass is 349 g/mol. The maximum atomic E-state index is 5.93. The van der Waals surface area contributed by atoms with E-state index in [1.54, 1.807) is 0 Å². The van der Waals surface area contributed by atoms with Gasteiger partial charge in [-0.15, -0.1) is 0 Å². The number of aryl methyl sites for hydroxylation is 1. The molecule has 0 spiro atoms. The van der Waals surface area contributed by atoms with Gasteiger partial charge in [-0.2, -0.15) is 0 Å². The van der Waals surface area contributed by atoms with Gasteiger partial charge in [0, 0.05) is 21.2 Å². The van der Waals surface area contributed by atoms with Crippen molar-refractivity contribution in [2.24, 2.45) is 0 Å². The minimum absolute atomic E-state index is 0.565. The number of halogens is 2. The second-order valence-electron chi connectivity index (χ2n) is 5.54. The first-order valence-corrected chi connectivity index (χ1v) is 8.07. The molecule has 0 amide bonds. The molecule has 20 heavy (non-hydrogen) atoms. The van der Waals surface area contributed by atoms with Gasteiger partial charge in [-0.25, -0.2) is 0 Å². The Kier molecular flexibility index (Phi) is 4.04. The molecule has 3 rings (SSSR count). The van der Waals surface area contributed by atoms with Gasteiger partial charge in [0.2, 0.25) is 0 Å². The van der Waals surface area contributed by atoms with Crippen molar-refractivity contribution >= 4 is 33.2 Å². The first-order valence-electron chi connectivity index (χ1n) is 6.90. The van der Waals surface area contributed by atoms with Crippen LogP contribution in [0.5, 0.6) is 0 Å². The van der Waals surface area contributed by atoms with Crippen molar-refractivity contribution in [3.05, 3.63) is 63.1 Å². The van der Waals surface area contributed by atoms with Crippen LogP contribution in [0.15, 0.2) is 46.9 Å². The molecule has 0 heterocycles. The van der Waals surface area contributed by atoms with Crippen LogP contribution in [0.4, 0.5) is 5.69 Å². The summed E-state index contributed by atoms with van der Waals surface area (Å²) in [6.07, 6.45) is 2.36. The van der Waals surface area contributed by atoms with Crippen LogP contribution in [0.2, 0.25) is 5.02 Å². The van der Waals surface area contributed by atoms with E-state index < -0.39 is 0 Å². The van der Waals surface area contributed by atoms with Gasteiger partial charge in [-0.05, 0) is 77.0 Å². The fourth-order valence-corrected chi connectivity index (χ4v) is 3.43. The SMILES string of the molecule is Cc1ccc(NC2CC(c3ccc(Cl)cc3)C2)c(Br)c1. The molecule has 0 radical (unpaired) electrons. The summed E-state index contributed by atoms with van der Waals surface area (Å²) in [6, 6.07) is 15.3. The maximum Gasteiger partial charge on any atom is 0.0486 e. The second-order valence-corrected chi connectivity index (χ2v) is 6.84.